The summed E-state index contributed by atoms with van der Waals surface area (Å²) < 4.78 is 4.03. The van der Waals surface area contributed by atoms with Gasteiger partial charge in [-0.25, -0.2) is 4.68 Å². The third kappa shape index (κ3) is 2.50. The van der Waals surface area contributed by atoms with Gasteiger partial charge in [-0.15, -0.1) is 0 Å². The summed E-state index contributed by atoms with van der Waals surface area (Å²) in [5.74, 6) is 0.750. The number of anilines is 1. The number of amides is 1. The number of aromatic nitrogens is 3. The summed E-state index contributed by atoms with van der Waals surface area (Å²) in [6.07, 6.45) is 8.60. The van der Waals surface area contributed by atoms with Crippen molar-refractivity contribution in [3.8, 4) is 0 Å². The van der Waals surface area contributed by atoms with Crippen LogP contribution in [0.4, 0.5) is 5.82 Å². The van der Waals surface area contributed by atoms with E-state index in [4.69, 9.17) is 0 Å². The number of hydrogen-bond acceptors (Lipinski definition) is 2. The van der Waals surface area contributed by atoms with E-state index in [1.165, 1.54) is 12.8 Å². The Bertz CT molecular complexity index is 899. The number of carbonyl (C=O) groups is 1. The molecule has 5 nitrogen and oxygen atoms in total. The Balaban J connectivity index is 1.63. The van der Waals surface area contributed by atoms with Crippen LogP contribution in [0.5, 0.6) is 0 Å². The molecule has 1 amide bonds. The number of hydrogen-bond donors (Lipinski definition) is 1. The SMILES string of the molecule is Cc1cnn(C2CCCC2)c1NC(=O)c1ccc2ccn(C)c2c1. The summed E-state index contributed by atoms with van der Waals surface area (Å²) in [5, 5.41) is 8.72. The summed E-state index contributed by atoms with van der Waals surface area (Å²) in [6, 6.07) is 8.27. The van der Waals surface area contributed by atoms with E-state index in [9.17, 15) is 4.79 Å². The summed E-state index contributed by atoms with van der Waals surface area (Å²) in [7, 11) is 1.99. The van der Waals surface area contributed by atoms with Crippen LogP contribution >= 0.6 is 0 Å². The maximum atomic E-state index is 12.7. The highest BCUT2D eigenvalue weighted by Gasteiger charge is 2.22. The topological polar surface area (TPSA) is 51.9 Å². The van der Waals surface area contributed by atoms with Crippen molar-refractivity contribution in [1.29, 1.82) is 0 Å². The lowest BCUT2D eigenvalue weighted by Crippen LogP contribution is -2.18. The molecule has 0 unspecified atom stereocenters. The first-order valence-electron chi connectivity index (χ1n) is 8.54. The zero-order valence-electron chi connectivity index (χ0n) is 14.1. The number of benzene rings is 1. The lowest BCUT2D eigenvalue weighted by Gasteiger charge is -2.15. The second kappa shape index (κ2) is 5.82. The Morgan fingerprint density at radius 1 is 1.25 bits per heavy atom. The van der Waals surface area contributed by atoms with Crippen LogP contribution < -0.4 is 5.32 Å². The highest BCUT2D eigenvalue weighted by atomic mass is 16.1. The Morgan fingerprint density at radius 3 is 2.83 bits per heavy atom. The Morgan fingerprint density at radius 2 is 2.04 bits per heavy atom. The fraction of sp³-hybridized carbons (Fsp3) is 0.368. The highest BCUT2D eigenvalue weighted by Crippen LogP contribution is 2.32. The van der Waals surface area contributed by atoms with Gasteiger partial charge >= 0.3 is 0 Å². The predicted octanol–water partition coefficient (Wildman–Crippen LogP) is 4.05. The fourth-order valence-corrected chi connectivity index (χ4v) is 3.61. The molecule has 2 aromatic heterocycles. The maximum Gasteiger partial charge on any atom is 0.256 e. The summed E-state index contributed by atoms with van der Waals surface area (Å²) >= 11 is 0. The average Bonchev–Trinajstić information content (AvgIpc) is 3.30. The predicted molar refractivity (Wildman–Crippen MR) is 95.3 cm³/mol. The second-order valence-electron chi connectivity index (χ2n) is 6.71. The fourth-order valence-electron chi connectivity index (χ4n) is 3.61. The number of rotatable bonds is 3. The van der Waals surface area contributed by atoms with E-state index in [0.29, 0.717) is 11.6 Å². The van der Waals surface area contributed by atoms with Gasteiger partial charge in [-0.3, -0.25) is 4.79 Å². The van der Waals surface area contributed by atoms with Crippen LogP contribution in [0.15, 0.2) is 36.7 Å². The third-order valence-corrected chi connectivity index (χ3v) is 5.03. The average molecular weight is 322 g/mol. The minimum atomic E-state index is -0.0825. The van der Waals surface area contributed by atoms with Gasteiger partial charge in [0.2, 0.25) is 0 Å². The summed E-state index contributed by atoms with van der Waals surface area (Å²) in [6.45, 7) is 1.99. The van der Waals surface area contributed by atoms with Crippen LogP contribution in [-0.4, -0.2) is 20.3 Å². The van der Waals surface area contributed by atoms with Crippen LogP contribution in [0.3, 0.4) is 0 Å². The minimum Gasteiger partial charge on any atom is -0.351 e. The molecule has 0 saturated heterocycles. The van der Waals surface area contributed by atoms with Crippen LogP contribution in [-0.2, 0) is 7.05 Å². The van der Waals surface area contributed by atoms with E-state index >= 15 is 0 Å². The molecule has 1 N–H and O–H groups in total. The molecule has 4 rings (SSSR count). The number of fused-ring (bicyclic) bond motifs is 1. The molecular formula is C19H22N4O. The standard InChI is InChI=1S/C19H22N4O/c1-13-12-20-23(16-5-3-4-6-16)18(13)21-19(24)15-8-7-14-9-10-22(2)17(14)11-15/h7-12,16H,3-6H2,1-2H3,(H,21,24). The van der Waals surface area contributed by atoms with Gasteiger partial charge in [-0.2, -0.15) is 5.10 Å². The van der Waals surface area contributed by atoms with Crippen molar-refractivity contribution in [2.45, 2.75) is 38.6 Å². The molecule has 0 spiro atoms. The Kier molecular flexibility index (Phi) is 3.63. The van der Waals surface area contributed by atoms with E-state index < -0.39 is 0 Å². The molecule has 0 aliphatic heterocycles. The van der Waals surface area contributed by atoms with Crippen LogP contribution in [0.25, 0.3) is 10.9 Å². The van der Waals surface area contributed by atoms with Crippen molar-refractivity contribution in [1.82, 2.24) is 14.3 Å². The van der Waals surface area contributed by atoms with Gasteiger partial charge in [0.15, 0.2) is 0 Å². The monoisotopic (exact) mass is 322 g/mol. The largest absolute Gasteiger partial charge is 0.351 e. The molecule has 1 saturated carbocycles. The summed E-state index contributed by atoms with van der Waals surface area (Å²) in [5.41, 5.74) is 2.74. The smallest absolute Gasteiger partial charge is 0.256 e. The number of carbonyl (C=O) groups excluding carboxylic acids is 1. The van der Waals surface area contributed by atoms with Gasteiger partial charge in [0.05, 0.1) is 12.2 Å². The molecule has 5 heteroatoms. The van der Waals surface area contributed by atoms with Crippen molar-refractivity contribution in [3.05, 3.63) is 47.8 Å². The van der Waals surface area contributed by atoms with Crippen LogP contribution in [0.1, 0.15) is 47.6 Å². The Hall–Kier alpha value is -2.56. The van der Waals surface area contributed by atoms with Crippen LogP contribution in [0, 0.1) is 6.92 Å². The lowest BCUT2D eigenvalue weighted by atomic mass is 10.1. The van der Waals surface area contributed by atoms with Gasteiger partial charge in [0.1, 0.15) is 5.82 Å². The molecule has 1 fully saturated rings. The van der Waals surface area contributed by atoms with Gasteiger partial charge < -0.3 is 9.88 Å². The van der Waals surface area contributed by atoms with Gasteiger partial charge in [0.25, 0.3) is 5.91 Å². The number of aryl methyl sites for hydroxylation is 2. The number of nitrogens with one attached hydrogen (secondary N) is 1. The van der Waals surface area contributed by atoms with E-state index in [0.717, 1.165) is 35.1 Å². The van der Waals surface area contributed by atoms with E-state index in [-0.39, 0.29) is 5.91 Å². The van der Waals surface area contributed by atoms with Gasteiger partial charge in [-0.1, -0.05) is 18.9 Å². The zero-order chi connectivity index (χ0) is 16.7. The second-order valence-corrected chi connectivity index (χ2v) is 6.71. The third-order valence-electron chi connectivity index (χ3n) is 5.03. The molecule has 2 heterocycles. The first kappa shape index (κ1) is 15.0. The molecule has 24 heavy (non-hydrogen) atoms. The van der Waals surface area contributed by atoms with E-state index in [1.54, 1.807) is 0 Å². The first-order valence-corrected chi connectivity index (χ1v) is 8.54. The molecule has 3 aromatic rings. The molecule has 124 valence electrons. The molecule has 1 aromatic carbocycles. The van der Waals surface area contributed by atoms with Gasteiger partial charge in [-0.05, 0) is 43.4 Å². The van der Waals surface area contributed by atoms with Crippen molar-refractivity contribution in [2.24, 2.45) is 7.05 Å². The van der Waals surface area contributed by atoms with Crippen molar-refractivity contribution < 1.29 is 4.79 Å². The molecule has 0 atom stereocenters. The molecule has 0 bridgehead atoms. The van der Waals surface area contributed by atoms with E-state index in [2.05, 4.69) is 16.5 Å². The molecule has 1 aliphatic carbocycles. The minimum absolute atomic E-state index is 0.0825. The molecule has 1 aliphatic rings. The summed E-state index contributed by atoms with van der Waals surface area (Å²) in [4.78, 5) is 12.7. The van der Waals surface area contributed by atoms with E-state index in [1.807, 2.05) is 53.8 Å². The van der Waals surface area contributed by atoms with Crippen LogP contribution in [0.2, 0.25) is 0 Å². The van der Waals surface area contributed by atoms with Crippen molar-refractivity contribution in [2.75, 3.05) is 5.32 Å². The van der Waals surface area contributed by atoms with Gasteiger partial charge in [0, 0.05) is 29.9 Å². The number of nitrogens with zero attached hydrogens (tertiary/aromatic N) is 3. The first-order chi connectivity index (χ1) is 11.6. The van der Waals surface area contributed by atoms with Crippen molar-refractivity contribution >= 4 is 22.6 Å². The lowest BCUT2D eigenvalue weighted by molar-refractivity contribution is 0.102. The molecule has 0 radical (unpaired) electrons. The quantitative estimate of drug-likeness (QED) is 0.791. The van der Waals surface area contributed by atoms with Crippen molar-refractivity contribution in [3.63, 3.8) is 0 Å². The maximum absolute atomic E-state index is 12.7. The normalized spacial score (nSPS) is 15.2. The Labute approximate surface area is 141 Å². The highest BCUT2D eigenvalue weighted by molar-refractivity contribution is 6.06. The zero-order valence-corrected chi connectivity index (χ0v) is 14.1. The molecular weight excluding hydrogens is 300 g/mol.